The molecule has 0 aliphatic rings. The average molecular weight is 318 g/mol. The number of carbonyl (C=O) groups is 1. The Morgan fingerprint density at radius 3 is 2.09 bits per heavy atom. The number of nitrogens with zero attached hydrogens (tertiary/aromatic N) is 1. The second-order valence-electron chi connectivity index (χ2n) is 5.04. The summed E-state index contributed by atoms with van der Waals surface area (Å²) in [6.07, 6.45) is 0. The minimum atomic E-state index is -3.97. The highest BCUT2D eigenvalue weighted by Crippen LogP contribution is 2.25. The molecule has 116 valence electrons. The SMILES string of the molecule is Cc1cc(C)cc(N(CC(=O)[O-])S(=O)(=O)c2ccccc2)c1. The minimum absolute atomic E-state index is 0.0374. The number of benzene rings is 2. The van der Waals surface area contributed by atoms with E-state index in [2.05, 4.69) is 0 Å². The summed E-state index contributed by atoms with van der Waals surface area (Å²) in [7, 11) is -3.97. The standard InChI is InChI=1S/C16H17NO4S/c1-12-8-13(2)10-14(9-12)17(11-16(18)19)22(20,21)15-6-4-3-5-7-15/h3-10H,11H2,1-2H3,(H,18,19)/p-1. The van der Waals surface area contributed by atoms with Crippen molar-refractivity contribution in [3.63, 3.8) is 0 Å². The molecule has 6 heteroatoms. The number of carboxylic acid groups (broad SMARTS) is 1. The molecule has 2 rings (SSSR count). The van der Waals surface area contributed by atoms with Gasteiger partial charge in [0, 0.05) is 0 Å². The molecule has 0 N–H and O–H groups in total. The first-order valence-corrected chi connectivity index (χ1v) is 8.10. The third kappa shape index (κ3) is 3.46. The van der Waals surface area contributed by atoms with E-state index in [1.54, 1.807) is 30.3 Å². The summed E-state index contributed by atoms with van der Waals surface area (Å²) >= 11 is 0. The van der Waals surface area contributed by atoms with Gasteiger partial charge in [-0.2, -0.15) is 0 Å². The molecule has 0 saturated carbocycles. The predicted molar refractivity (Wildman–Crippen MR) is 81.9 cm³/mol. The maximum Gasteiger partial charge on any atom is 0.264 e. The molecule has 0 atom stereocenters. The van der Waals surface area contributed by atoms with Crippen LogP contribution in [0, 0.1) is 13.8 Å². The predicted octanol–water partition coefficient (Wildman–Crippen LogP) is 1.25. The van der Waals surface area contributed by atoms with Crippen LogP contribution < -0.4 is 9.41 Å². The molecule has 5 nitrogen and oxygen atoms in total. The van der Waals surface area contributed by atoms with Crippen LogP contribution in [-0.2, 0) is 14.8 Å². The number of sulfonamides is 1. The lowest BCUT2D eigenvalue weighted by Crippen LogP contribution is -2.41. The zero-order chi connectivity index (χ0) is 16.3. The topological polar surface area (TPSA) is 77.5 Å². The van der Waals surface area contributed by atoms with Crippen molar-refractivity contribution < 1.29 is 18.3 Å². The number of carbonyl (C=O) groups excluding carboxylic acids is 1. The van der Waals surface area contributed by atoms with Gasteiger partial charge in [0.15, 0.2) is 0 Å². The summed E-state index contributed by atoms with van der Waals surface area (Å²) in [5.74, 6) is -1.46. The van der Waals surface area contributed by atoms with Gasteiger partial charge in [-0.25, -0.2) is 8.42 Å². The molecular formula is C16H16NO4S-. The Morgan fingerprint density at radius 1 is 1.05 bits per heavy atom. The largest absolute Gasteiger partial charge is 0.548 e. The number of aryl methyl sites for hydroxylation is 2. The van der Waals surface area contributed by atoms with E-state index in [4.69, 9.17) is 0 Å². The van der Waals surface area contributed by atoms with Crippen molar-refractivity contribution in [2.75, 3.05) is 10.8 Å². The van der Waals surface area contributed by atoms with Crippen molar-refractivity contribution in [3.05, 3.63) is 59.7 Å². The molecule has 0 aromatic heterocycles. The van der Waals surface area contributed by atoms with Crippen LogP contribution in [0.3, 0.4) is 0 Å². The van der Waals surface area contributed by atoms with Crippen LogP contribution in [0.5, 0.6) is 0 Å². The molecule has 0 heterocycles. The number of carboxylic acids is 1. The van der Waals surface area contributed by atoms with Crippen molar-refractivity contribution in [2.45, 2.75) is 18.7 Å². The van der Waals surface area contributed by atoms with Gasteiger partial charge in [-0.3, -0.25) is 4.31 Å². The minimum Gasteiger partial charge on any atom is -0.548 e. The Kier molecular flexibility index (Phi) is 4.51. The van der Waals surface area contributed by atoms with E-state index in [1.807, 2.05) is 19.9 Å². The van der Waals surface area contributed by atoms with Crippen molar-refractivity contribution in [1.82, 2.24) is 0 Å². The van der Waals surface area contributed by atoms with Gasteiger partial charge in [0.1, 0.15) is 0 Å². The molecule has 22 heavy (non-hydrogen) atoms. The molecule has 0 aliphatic carbocycles. The molecule has 0 unspecified atom stereocenters. The van der Waals surface area contributed by atoms with E-state index < -0.39 is 22.5 Å². The Morgan fingerprint density at radius 2 is 1.59 bits per heavy atom. The van der Waals surface area contributed by atoms with Gasteiger partial charge in [0.2, 0.25) is 0 Å². The summed E-state index contributed by atoms with van der Waals surface area (Å²) < 4.78 is 26.3. The first kappa shape index (κ1) is 16.0. The van der Waals surface area contributed by atoms with E-state index in [1.165, 1.54) is 12.1 Å². The number of hydrogen-bond acceptors (Lipinski definition) is 4. The molecule has 0 aliphatic heterocycles. The number of anilines is 1. The van der Waals surface area contributed by atoms with Gasteiger partial charge in [-0.1, -0.05) is 24.3 Å². The molecule has 0 fully saturated rings. The highest BCUT2D eigenvalue weighted by Gasteiger charge is 2.25. The average Bonchev–Trinajstić information content (AvgIpc) is 2.44. The van der Waals surface area contributed by atoms with Crippen molar-refractivity contribution in [2.24, 2.45) is 0 Å². The van der Waals surface area contributed by atoms with E-state index in [9.17, 15) is 18.3 Å². The van der Waals surface area contributed by atoms with Gasteiger partial charge in [0.05, 0.1) is 23.1 Å². The Balaban J connectivity index is 2.58. The quantitative estimate of drug-likeness (QED) is 0.831. The third-order valence-electron chi connectivity index (χ3n) is 3.10. The van der Waals surface area contributed by atoms with Crippen LogP contribution in [0.15, 0.2) is 53.4 Å². The third-order valence-corrected chi connectivity index (χ3v) is 4.89. The maximum atomic E-state index is 12.7. The van der Waals surface area contributed by atoms with Crippen LogP contribution in [0.4, 0.5) is 5.69 Å². The lowest BCUT2D eigenvalue weighted by atomic mass is 10.1. The number of rotatable bonds is 5. The zero-order valence-corrected chi connectivity index (χ0v) is 13.1. The molecule has 0 amide bonds. The Bertz CT molecular complexity index is 765. The molecule has 2 aromatic carbocycles. The van der Waals surface area contributed by atoms with Gasteiger partial charge in [0.25, 0.3) is 10.0 Å². The van der Waals surface area contributed by atoms with Crippen molar-refractivity contribution in [3.8, 4) is 0 Å². The van der Waals surface area contributed by atoms with E-state index in [0.717, 1.165) is 15.4 Å². The summed E-state index contributed by atoms with van der Waals surface area (Å²) in [5, 5.41) is 11.0. The normalized spacial score (nSPS) is 11.2. The smallest absolute Gasteiger partial charge is 0.264 e. The van der Waals surface area contributed by atoms with Gasteiger partial charge in [-0.15, -0.1) is 0 Å². The second kappa shape index (κ2) is 6.19. The summed E-state index contributed by atoms with van der Waals surface area (Å²) in [6, 6.07) is 12.9. The monoisotopic (exact) mass is 318 g/mol. The fourth-order valence-corrected chi connectivity index (χ4v) is 3.66. The van der Waals surface area contributed by atoms with Crippen LogP contribution in [0.25, 0.3) is 0 Å². The lowest BCUT2D eigenvalue weighted by molar-refractivity contribution is -0.303. The fraction of sp³-hybridized carbons (Fsp3) is 0.188. The molecule has 0 radical (unpaired) electrons. The second-order valence-corrected chi connectivity index (χ2v) is 6.90. The highest BCUT2D eigenvalue weighted by atomic mass is 32.2. The number of hydrogen-bond donors (Lipinski definition) is 0. The Hall–Kier alpha value is -2.34. The fourth-order valence-electron chi connectivity index (χ4n) is 2.25. The maximum absolute atomic E-state index is 12.7. The Labute approximate surface area is 129 Å². The van der Waals surface area contributed by atoms with Gasteiger partial charge in [-0.05, 0) is 49.2 Å². The van der Waals surface area contributed by atoms with Crippen molar-refractivity contribution in [1.29, 1.82) is 0 Å². The van der Waals surface area contributed by atoms with Crippen LogP contribution in [-0.4, -0.2) is 20.9 Å². The highest BCUT2D eigenvalue weighted by molar-refractivity contribution is 7.92. The van der Waals surface area contributed by atoms with Gasteiger partial charge >= 0.3 is 0 Å². The molecule has 0 saturated heterocycles. The van der Waals surface area contributed by atoms with Crippen molar-refractivity contribution >= 4 is 21.7 Å². The van der Waals surface area contributed by atoms with Crippen LogP contribution in [0.2, 0.25) is 0 Å². The van der Waals surface area contributed by atoms with E-state index in [-0.39, 0.29) is 4.90 Å². The first-order chi connectivity index (χ1) is 10.3. The van der Waals surface area contributed by atoms with Crippen LogP contribution in [0.1, 0.15) is 11.1 Å². The zero-order valence-electron chi connectivity index (χ0n) is 12.3. The number of aliphatic carboxylic acids is 1. The van der Waals surface area contributed by atoms with E-state index >= 15 is 0 Å². The summed E-state index contributed by atoms with van der Waals surface area (Å²) in [5.41, 5.74) is 2.01. The van der Waals surface area contributed by atoms with Crippen LogP contribution >= 0.6 is 0 Å². The molecule has 0 bridgehead atoms. The van der Waals surface area contributed by atoms with E-state index in [0.29, 0.717) is 5.69 Å². The molecule has 0 spiro atoms. The lowest BCUT2D eigenvalue weighted by Gasteiger charge is -2.25. The van der Waals surface area contributed by atoms with Gasteiger partial charge < -0.3 is 9.90 Å². The summed E-state index contributed by atoms with van der Waals surface area (Å²) in [6.45, 7) is 2.91. The molecule has 2 aromatic rings. The summed E-state index contributed by atoms with van der Waals surface area (Å²) in [4.78, 5) is 11.1. The first-order valence-electron chi connectivity index (χ1n) is 6.66. The molecular weight excluding hydrogens is 302 g/mol.